The van der Waals surface area contributed by atoms with Crippen molar-refractivity contribution in [3.63, 3.8) is 0 Å². The number of nitrogens with zero attached hydrogens (tertiary/aromatic N) is 2. The highest BCUT2D eigenvalue weighted by molar-refractivity contribution is 14.1. The Morgan fingerprint density at radius 2 is 2.55 bits per heavy atom. The van der Waals surface area contributed by atoms with Crippen LogP contribution < -0.4 is 0 Å². The van der Waals surface area contributed by atoms with Gasteiger partial charge in [-0.3, -0.25) is 9.48 Å². The molecule has 0 N–H and O–H groups in total. The van der Waals surface area contributed by atoms with E-state index < -0.39 is 0 Å². The molecular formula is C7H9IN2O. The Kier molecular flexibility index (Phi) is 3.04. The summed E-state index contributed by atoms with van der Waals surface area (Å²) in [4.78, 5) is 10.4. The molecule has 0 aromatic carbocycles. The SMILES string of the molecule is CCCn1cc(I)c(C=O)n1. The minimum Gasteiger partial charge on any atom is -0.296 e. The van der Waals surface area contributed by atoms with Gasteiger partial charge >= 0.3 is 0 Å². The fourth-order valence-electron chi connectivity index (χ4n) is 0.835. The van der Waals surface area contributed by atoms with E-state index in [4.69, 9.17) is 0 Å². The maximum atomic E-state index is 10.4. The second-order valence-electron chi connectivity index (χ2n) is 2.24. The molecule has 0 aliphatic rings. The number of aromatic nitrogens is 2. The first-order valence-corrected chi connectivity index (χ1v) is 4.54. The molecule has 3 nitrogen and oxygen atoms in total. The lowest BCUT2D eigenvalue weighted by atomic mass is 10.5. The molecule has 4 heteroatoms. The highest BCUT2D eigenvalue weighted by atomic mass is 127. The van der Waals surface area contributed by atoms with E-state index in [1.165, 1.54) is 0 Å². The van der Waals surface area contributed by atoms with Crippen molar-refractivity contribution in [3.05, 3.63) is 15.5 Å². The Labute approximate surface area is 78.9 Å². The van der Waals surface area contributed by atoms with Crippen molar-refractivity contribution in [1.29, 1.82) is 0 Å². The second-order valence-corrected chi connectivity index (χ2v) is 3.41. The molecule has 0 aliphatic carbocycles. The number of hydrogen-bond donors (Lipinski definition) is 0. The molecule has 1 aromatic heterocycles. The molecule has 1 heterocycles. The average Bonchev–Trinajstić information content (AvgIpc) is 2.32. The summed E-state index contributed by atoms with van der Waals surface area (Å²) in [5, 5.41) is 4.06. The Balaban J connectivity index is 2.86. The molecule has 0 fully saturated rings. The molecule has 0 atom stereocenters. The summed E-state index contributed by atoms with van der Waals surface area (Å²) in [6, 6.07) is 0. The van der Waals surface area contributed by atoms with E-state index in [2.05, 4.69) is 34.6 Å². The Bertz CT molecular complexity index is 257. The maximum absolute atomic E-state index is 10.4. The minimum absolute atomic E-state index is 0.541. The fourth-order valence-corrected chi connectivity index (χ4v) is 1.39. The van der Waals surface area contributed by atoms with Crippen LogP contribution in [-0.2, 0) is 6.54 Å². The van der Waals surface area contributed by atoms with Gasteiger partial charge < -0.3 is 0 Å². The molecule has 60 valence electrons. The summed E-state index contributed by atoms with van der Waals surface area (Å²) in [6.45, 7) is 2.96. The van der Waals surface area contributed by atoms with Crippen molar-refractivity contribution >= 4 is 28.9 Å². The number of aldehydes is 1. The van der Waals surface area contributed by atoms with Gasteiger partial charge in [-0.2, -0.15) is 5.10 Å². The number of carbonyl (C=O) groups excluding carboxylic acids is 1. The van der Waals surface area contributed by atoms with Crippen molar-refractivity contribution in [1.82, 2.24) is 9.78 Å². The van der Waals surface area contributed by atoms with E-state index in [0.717, 1.165) is 22.8 Å². The fraction of sp³-hybridized carbons (Fsp3) is 0.429. The molecule has 0 amide bonds. The molecular weight excluding hydrogens is 255 g/mol. The molecule has 1 aromatic rings. The van der Waals surface area contributed by atoms with Crippen molar-refractivity contribution < 1.29 is 4.79 Å². The van der Waals surface area contributed by atoms with E-state index in [1.807, 2.05) is 6.20 Å². The van der Waals surface area contributed by atoms with E-state index >= 15 is 0 Å². The summed E-state index contributed by atoms with van der Waals surface area (Å²) in [6.07, 6.45) is 3.71. The van der Waals surface area contributed by atoms with Crippen molar-refractivity contribution in [2.24, 2.45) is 0 Å². The molecule has 0 bridgehead atoms. The molecule has 0 unspecified atom stereocenters. The van der Waals surface area contributed by atoms with E-state index in [1.54, 1.807) is 4.68 Å². The third kappa shape index (κ3) is 2.02. The standard InChI is InChI=1S/C7H9IN2O/c1-2-3-10-4-6(8)7(5-11)9-10/h4-5H,2-3H2,1H3. The maximum Gasteiger partial charge on any atom is 0.171 e. The average molecular weight is 264 g/mol. The van der Waals surface area contributed by atoms with Crippen molar-refractivity contribution in [2.75, 3.05) is 0 Å². The molecule has 0 saturated heterocycles. The first kappa shape index (κ1) is 8.70. The summed E-state index contributed by atoms with van der Waals surface area (Å²) in [5.74, 6) is 0. The summed E-state index contributed by atoms with van der Waals surface area (Å²) in [5.41, 5.74) is 0.541. The smallest absolute Gasteiger partial charge is 0.171 e. The van der Waals surface area contributed by atoms with Crippen LogP contribution in [0.5, 0.6) is 0 Å². The van der Waals surface area contributed by atoms with Crippen molar-refractivity contribution in [3.8, 4) is 0 Å². The highest BCUT2D eigenvalue weighted by Gasteiger charge is 2.02. The molecule has 0 spiro atoms. The molecule has 0 saturated carbocycles. The Morgan fingerprint density at radius 1 is 1.82 bits per heavy atom. The predicted octanol–water partition coefficient (Wildman–Crippen LogP) is 1.71. The van der Waals surface area contributed by atoms with Gasteiger partial charge in [0.15, 0.2) is 6.29 Å². The second kappa shape index (κ2) is 3.85. The van der Waals surface area contributed by atoms with E-state index in [0.29, 0.717) is 5.69 Å². The lowest BCUT2D eigenvalue weighted by Gasteiger charge is -1.93. The third-order valence-corrected chi connectivity index (χ3v) is 2.14. The van der Waals surface area contributed by atoms with Gasteiger partial charge in [0.25, 0.3) is 0 Å². The zero-order valence-electron chi connectivity index (χ0n) is 6.25. The number of hydrogen-bond acceptors (Lipinski definition) is 2. The van der Waals surface area contributed by atoms with Gasteiger partial charge in [0.05, 0.1) is 3.57 Å². The summed E-state index contributed by atoms with van der Waals surface area (Å²) >= 11 is 2.11. The van der Waals surface area contributed by atoms with Crippen molar-refractivity contribution in [2.45, 2.75) is 19.9 Å². The van der Waals surface area contributed by atoms with Crippen LogP contribution in [0.15, 0.2) is 6.20 Å². The van der Waals surface area contributed by atoms with Crippen LogP contribution in [0.2, 0.25) is 0 Å². The Morgan fingerprint density at radius 3 is 3.00 bits per heavy atom. The van der Waals surface area contributed by atoms with E-state index in [-0.39, 0.29) is 0 Å². The first-order chi connectivity index (χ1) is 5.27. The van der Waals surface area contributed by atoms with E-state index in [9.17, 15) is 4.79 Å². The monoisotopic (exact) mass is 264 g/mol. The highest BCUT2D eigenvalue weighted by Crippen LogP contribution is 2.07. The number of carbonyl (C=O) groups is 1. The van der Waals surface area contributed by atoms with Gasteiger partial charge in [-0.15, -0.1) is 0 Å². The summed E-state index contributed by atoms with van der Waals surface area (Å²) in [7, 11) is 0. The number of aryl methyl sites for hydroxylation is 1. The summed E-state index contributed by atoms with van der Waals surface area (Å²) < 4.78 is 2.72. The van der Waals surface area contributed by atoms with Gasteiger partial charge in [-0.25, -0.2) is 0 Å². The van der Waals surface area contributed by atoms with Gasteiger partial charge in [-0.1, -0.05) is 6.92 Å². The van der Waals surface area contributed by atoms with Crippen LogP contribution in [0.4, 0.5) is 0 Å². The molecule has 0 aliphatic heterocycles. The molecule has 11 heavy (non-hydrogen) atoms. The van der Waals surface area contributed by atoms with Gasteiger partial charge in [-0.05, 0) is 29.0 Å². The third-order valence-electron chi connectivity index (χ3n) is 1.31. The zero-order chi connectivity index (χ0) is 8.27. The first-order valence-electron chi connectivity index (χ1n) is 3.46. The normalized spacial score (nSPS) is 10.0. The molecule has 1 rings (SSSR count). The quantitative estimate of drug-likeness (QED) is 0.615. The lowest BCUT2D eigenvalue weighted by molar-refractivity contribution is 0.111. The number of rotatable bonds is 3. The van der Waals surface area contributed by atoms with Crippen LogP contribution in [-0.4, -0.2) is 16.1 Å². The topological polar surface area (TPSA) is 34.9 Å². The van der Waals surface area contributed by atoms with Crippen LogP contribution in [0, 0.1) is 3.57 Å². The largest absolute Gasteiger partial charge is 0.296 e. The van der Waals surface area contributed by atoms with Gasteiger partial charge in [0.1, 0.15) is 5.69 Å². The number of halogens is 1. The van der Waals surface area contributed by atoms with Gasteiger partial charge in [0, 0.05) is 12.7 Å². The lowest BCUT2D eigenvalue weighted by Crippen LogP contribution is -1.97. The van der Waals surface area contributed by atoms with Crippen LogP contribution in [0.25, 0.3) is 0 Å². The van der Waals surface area contributed by atoms with Crippen LogP contribution >= 0.6 is 22.6 Å². The molecule has 0 radical (unpaired) electrons. The van der Waals surface area contributed by atoms with Crippen LogP contribution in [0.1, 0.15) is 23.8 Å². The zero-order valence-corrected chi connectivity index (χ0v) is 8.41. The van der Waals surface area contributed by atoms with Crippen LogP contribution in [0.3, 0.4) is 0 Å². The predicted molar refractivity (Wildman–Crippen MR) is 50.6 cm³/mol. The minimum atomic E-state index is 0.541. The van der Waals surface area contributed by atoms with Gasteiger partial charge in [0.2, 0.25) is 0 Å². The Hall–Kier alpha value is -0.390.